The number of fused-ring (bicyclic) bond motifs is 5. The number of benzene rings is 1. The highest BCUT2D eigenvalue weighted by molar-refractivity contribution is 7.14. The second-order valence-corrected chi connectivity index (χ2v) is 8.96. The first-order valence-electron chi connectivity index (χ1n) is 10.8. The number of alkyl halides is 3. The molecule has 2 aliphatic rings. The maximum Gasteiger partial charge on any atom is 0.490 e. The van der Waals surface area contributed by atoms with Crippen molar-refractivity contribution in [3.8, 4) is 0 Å². The number of ether oxygens (including phenoxy) is 1. The topological polar surface area (TPSA) is 170 Å². The van der Waals surface area contributed by atoms with Crippen LogP contribution in [0.4, 0.5) is 13.2 Å². The zero-order valence-electron chi connectivity index (χ0n) is 19.1. The van der Waals surface area contributed by atoms with Crippen LogP contribution in [0.5, 0.6) is 0 Å². The molecule has 1 saturated carbocycles. The van der Waals surface area contributed by atoms with Gasteiger partial charge in [0.25, 0.3) is 5.91 Å². The minimum Gasteiger partial charge on any atom is -0.480 e. The molecule has 9 nitrogen and oxygen atoms in total. The van der Waals surface area contributed by atoms with Crippen molar-refractivity contribution in [3.63, 3.8) is 0 Å². The summed E-state index contributed by atoms with van der Waals surface area (Å²) in [5, 5.41) is 15.6. The van der Waals surface area contributed by atoms with E-state index < -0.39 is 36.0 Å². The average Bonchev–Trinajstić information content (AvgIpc) is 3.52. The zero-order valence-corrected chi connectivity index (χ0v) is 19.9. The van der Waals surface area contributed by atoms with Crippen molar-refractivity contribution in [2.75, 3.05) is 6.61 Å². The SMILES string of the molecule is CCOC(=O)c1c(C(N)=O)sc2c1C1CCC2C1.N[C@H](C(=O)O)c1ccccc1.O=C(O)C(F)(F)F. The first-order valence-corrected chi connectivity index (χ1v) is 11.6. The van der Waals surface area contributed by atoms with Gasteiger partial charge in [0.05, 0.1) is 12.2 Å². The highest BCUT2D eigenvalue weighted by atomic mass is 32.1. The van der Waals surface area contributed by atoms with Crippen molar-refractivity contribution in [2.45, 2.75) is 50.2 Å². The summed E-state index contributed by atoms with van der Waals surface area (Å²) in [6, 6.07) is 7.82. The Hall–Kier alpha value is -3.45. The van der Waals surface area contributed by atoms with E-state index in [1.807, 2.05) is 6.07 Å². The van der Waals surface area contributed by atoms with E-state index in [9.17, 15) is 27.6 Å². The Morgan fingerprint density at radius 3 is 2.14 bits per heavy atom. The third-order valence-corrected chi connectivity index (χ3v) is 6.94. The number of hydrogen-bond acceptors (Lipinski definition) is 7. The molecule has 1 aromatic carbocycles. The van der Waals surface area contributed by atoms with Crippen molar-refractivity contribution in [1.29, 1.82) is 0 Å². The normalized spacial score (nSPS) is 18.0. The van der Waals surface area contributed by atoms with E-state index in [0.29, 0.717) is 34.4 Å². The quantitative estimate of drug-likeness (QED) is 0.423. The van der Waals surface area contributed by atoms with Gasteiger partial charge in [-0.2, -0.15) is 13.2 Å². The molecule has 1 aromatic heterocycles. The highest BCUT2D eigenvalue weighted by Crippen LogP contribution is 2.57. The molecular formula is C23H25F3N2O7S. The van der Waals surface area contributed by atoms with Crippen LogP contribution in [-0.4, -0.2) is 46.8 Å². The minimum absolute atomic E-state index is 0.315. The largest absolute Gasteiger partial charge is 0.490 e. The van der Waals surface area contributed by atoms with Crippen LogP contribution in [0.3, 0.4) is 0 Å². The Morgan fingerprint density at radius 1 is 1.11 bits per heavy atom. The molecule has 13 heteroatoms. The summed E-state index contributed by atoms with van der Waals surface area (Å²) < 4.78 is 36.8. The van der Waals surface area contributed by atoms with Crippen molar-refractivity contribution in [2.24, 2.45) is 11.5 Å². The van der Waals surface area contributed by atoms with E-state index in [0.717, 1.165) is 18.4 Å². The monoisotopic (exact) mass is 530 g/mol. The number of carbonyl (C=O) groups is 4. The molecule has 1 fully saturated rings. The van der Waals surface area contributed by atoms with E-state index in [2.05, 4.69) is 0 Å². The molecule has 0 radical (unpaired) electrons. The van der Waals surface area contributed by atoms with Crippen LogP contribution in [0.25, 0.3) is 0 Å². The number of aliphatic carboxylic acids is 2. The van der Waals surface area contributed by atoms with Crippen molar-refractivity contribution in [1.82, 2.24) is 0 Å². The molecule has 3 atom stereocenters. The van der Waals surface area contributed by atoms with Gasteiger partial charge in [0, 0.05) is 4.88 Å². The first-order chi connectivity index (χ1) is 16.8. The number of esters is 1. The predicted octanol–water partition coefficient (Wildman–Crippen LogP) is 3.79. The number of amides is 1. The fourth-order valence-corrected chi connectivity index (χ4v) is 5.41. The van der Waals surface area contributed by atoms with Gasteiger partial charge >= 0.3 is 24.1 Å². The number of primary amides is 1. The van der Waals surface area contributed by atoms with Gasteiger partial charge in [-0.25, -0.2) is 9.59 Å². The third kappa shape index (κ3) is 6.82. The molecule has 196 valence electrons. The fraction of sp³-hybridized carbons (Fsp3) is 0.391. The van der Waals surface area contributed by atoms with E-state index >= 15 is 0 Å². The van der Waals surface area contributed by atoms with Crippen molar-refractivity contribution < 1.29 is 47.3 Å². The zero-order chi connectivity index (χ0) is 27.2. The van der Waals surface area contributed by atoms with E-state index in [1.165, 1.54) is 22.6 Å². The molecule has 2 bridgehead atoms. The van der Waals surface area contributed by atoms with Gasteiger partial charge in [-0.1, -0.05) is 30.3 Å². The number of carbonyl (C=O) groups excluding carboxylic acids is 2. The molecule has 4 rings (SSSR count). The summed E-state index contributed by atoms with van der Waals surface area (Å²) in [6.45, 7) is 2.08. The molecular weight excluding hydrogens is 505 g/mol. The Morgan fingerprint density at radius 2 is 1.67 bits per heavy atom. The van der Waals surface area contributed by atoms with Gasteiger partial charge in [0.1, 0.15) is 10.9 Å². The van der Waals surface area contributed by atoms with Crippen LogP contribution in [0.1, 0.15) is 80.1 Å². The smallest absolute Gasteiger partial charge is 0.480 e. The highest BCUT2D eigenvalue weighted by Gasteiger charge is 2.44. The number of rotatable bonds is 5. The number of hydrogen-bond donors (Lipinski definition) is 4. The van der Waals surface area contributed by atoms with Gasteiger partial charge in [-0.3, -0.25) is 9.59 Å². The van der Waals surface area contributed by atoms with Gasteiger partial charge < -0.3 is 26.4 Å². The lowest BCUT2D eigenvalue weighted by molar-refractivity contribution is -0.192. The number of thiophene rings is 1. The summed E-state index contributed by atoms with van der Waals surface area (Å²) in [6.07, 6.45) is -1.69. The molecule has 2 unspecified atom stereocenters. The lowest BCUT2D eigenvalue weighted by Gasteiger charge is -2.12. The molecule has 0 saturated heterocycles. The van der Waals surface area contributed by atoms with Crippen molar-refractivity contribution >= 4 is 35.2 Å². The van der Waals surface area contributed by atoms with E-state index in [4.69, 9.17) is 31.2 Å². The number of carboxylic acids is 2. The Bertz CT molecular complexity index is 1120. The Kier molecular flexibility index (Phi) is 9.59. The first kappa shape index (κ1) is 28.8. The van der Waals surface area contributed by atoms with Crippen LogP contribution in [0.2, 0.25) is 0 Å². The number of carboxylic acid groups (broad SMARTS) is 2. The fourth-order valence-electron chi connectivity index (χ4n) is 4.03. The van der Waals surface area contributed by atoms with Gasteiger partial charge in [0.2, 0.25) is 0 Å². The Labute approximate surface area is 207 Å². The second kappa shape index (κ2) is 12.0. The van der Waals surface area contributed by atoms with Crippen LogP contribution in [-0.2, 0) is 14.3 Å². The van der Waals surface area contributed by atoms with E-state index in [1.54, 1.807) is 31.2 Å². The number of halogens is 3. The van der Waals surface area contributed by atoms with Crippen LogP contribution in [0.15, 0.2) is 30.3 Å². The second-order valence-electron chi connectivity index (χ2n) is 7.91. The summed E-state index contributed by atoms with van der Waals surface area (Å²) in [5.41, 5.74) is 12.9. The predicted molar refractivity (Wildman–Crippen MR) is 123 cm³/mol. The van der Waals surface area contributed by atoms with Gasteiger partial charge in [-0.05, 0) is 49.1 Å². The summed E-state index contributed by atoms with van der Waals surface area (Å²) >= 11 is 1.40. The molecule has 1 amide bonds. The maximum absolute atomic E-state index is 12.0. The molecule has 1 heterocycles. The van der Waals surface area contributed by atoms with Gasteiger partial charge in [-0.15, -0.1) is 11.3 Å². The average molecular weight is 531 g/mol. The van der Waals surface area contributed by atoms with Crippen LogP contribution in [0, 0.1) is 0 Å². The Balaban J connectivity index is 0.000000217. The van der Waals surface area contributed by atoms with Crippen LogP contribution < -0.4 is 11.5 Å². The molecule has 0 aliphatic heterocycles. The lowest BCUT2D eigenvalue weighted by Crippen LogP contribution is -2.21. The third-order valence-electron chi connectivity index (χ3n) is 5.56. The standard InChI is InChI=1S/C13H15NO3S.C8H9NO2.C2HF3O2/c1-2-17-13(16)9-8-6-3-4-7(5-6)10(8)18-11(9)12(14)15;9-7(8(10)11)6-4-2-1-3-5-6;3-2(4,5)1(6)7/h6-7H,2-5H2,1H3,(H2,14,15);1-5,7H,9H2,(H,10,11);(H,6,7)/t;7-;/m.0./s1. The summed E-state index contributed by atoms with van der Waals surface area (Å²) in [7, 11) is 0. The van der Waals surface area contributed by atoms with Crippen molar-refractivity contribution in [3.05, 3.63) is 56.8 Å². The molecule has 2 aromatic rings. The molecule has 36 heavy (non-hydrogen) atoms. The molecule has 0 spiro atoms. The molecule has 2 aliphatic carbocycles. The van der Waals surface area contributed by atoms with Crippen LogP contribution >= 0.6 is 11.3 Å². The molecule has 6 N–H and O–H groups in total. The summed E-state index contributed by atoms with van der Waals surface area (Å²) in [5.74, 6) is -3.72. The lowest BCUT2D eigenvalue weighted by atomic mass is 9.94. The van der Waals surface area contributed by atoms with E-state index in [-0.39, 0.29) is 0 Å². The maximum atomic E-state index is 12.0. The van der Waals surface area contributed by atoms with Gasteiger partial charge in [0.15, 0.2) is 0 Å². The number of nitrogens with two attached hydrogens (primary N) is 2. The summed E-state index contributed by atoms with van der Waals surface area (Å²) in [4.78, 5) is 44.4. The minimum atomic E-state index is -5.08.